The first-order chi connectivity index (χ1) is 13.5. The molecule has 2 aromatic heterocycles. The van der Waals surface area contributed by atoms with Gasteiger partial charge in [0.2, 0.25) is 0 Å². The van der Waals surface area contributed by atoms with Gasteiger partial charge in [0, 0.05) is 12.6 Å². The maximum Gasteiger partial charge on any atom is 0.261 e. The molecule has 142 valence electrons. The molecule has 0 saturated heterocycles. The number of hydrogen-bond donors (Lipinski definition) is 1. The number of nitrogens with zero attached hydrogens (tertiary/aromatic N) is 2. The maximum absolute atomic E-state index is 12.5. The first-order valence-corrected chi connectivity index (χ1v) is 9.78. The highest BCUT2D eigenvalue weighted by atomic mass is 32.1. The van der Waals surface area contributed by atoms with Gasteiger partial charge in [0.15, 0.2) is 4.96 Å². The Labute approximate surface area is 165 Å². The summed E-state index contributed by atoms with van der Waals surface area (Å²) in [7, 11) is 0. The van der Waals surface area contributed by atoms with Crippen LogP contribution in [0.1, 0.15) is 29.1 Å². The van der Waals surface area contributed by atoms with Crippen LogP contribution in [0, 0.1) is 0 Å². The van der Waals surface area contributed by atoms with Crippen LogP contribution in [-0.4, -0.2) is 21.4 Å². The average molecular weight is 393 g/mol. The summed E-state index contributed by atoms with van der Waals surface area (Å²) in [5.41, 5.74) is 2.17. The van der Waals surface area contributed by atoms with Gasteiger partial charge in [-0.15, -0.1) is 0 Å². The number of nitrogens with one attached hydrogen (secondary N) is 1. The molecule has 28 heavy (non-hydrogen) atoms. The molecule has 7 heteroatoms. The zero-order valence-electron chi connectivity index (χ0n) is 15.5. The number of carbonyl (C=O) groups is 1. The van der Waals surface area contributed by atoms with E-state index < -0.39 is 0 Å². The second kappa shape index (κ2) is 7.44. The number of ether oxygens (including phenoxy) is 1. The van der Waals surface area contributed by atoms with Gasteiger partial charge >= 0.3 is 0 Å². The topological polar surface area (TPSA) is 72.7 Å². The fourth-order valence-corrected chi connectivity index (χ4v) is 3.87. The quantitative estimate of drug-likeness (QED) is 0.562. The molecular formula is C21H19N3O3S. The van der Waals surface area contributed by atoms with Crippen molar-refractivity contribution in [2.24, 2.45) is 0 Å². The molecule has 2 heterocycles. The summed E-state index contributed by atoms with van der Waals surface area (Å²) in [6.45, 7) is 4.31. The van der Waals surface area contributed by atoms with Crippen LogP contribution in [0.25, 0.3) is 16.0 Å². The van der Waals surface area contributed by atoms with Crippen molar-refractivity contribution in [2.45, 2.75) is 26.5 Å². The van der Waals surface area contributed by atoms with E-state index in [9.17, 15) is 9.59 Å². The van der Waals surface area contributed by atoms with E-state index in [1.165, 1.54) is 21.8 Å². The number of hydrogen-bond acceptors (Lipinski definition) is 5. The first-order valence-electron chi connectivity index (χ1n) is 8.96. The molecule has 4 rings (SSSR count). The highest BCUT2D eigenvalue weighted by Gasteiger charge is 2.13. The fraction of sp³-hybridized carbons (Fsp3) is 0.190. The summed E-state index contributed by atoms with van der Waals surface area (Å²) in [5, 5.41) is 2.86. The van der Waals surface area contributed by atoms with Crippen LogP contribution in [0.3, 0.4) is 0 Å². The van der Waals surface area contributed by atoms with Gasteiger partial charge in [-0.25, -0.2) is 4.98 Å². The third kappa shape index (κ3) is 3.61. The largest absolute Gasteiger partial charge is 0.491 e. The molecule has 1 N–H and O–H groups in total. The minimum atomic E-state index is -0.292. The van der Waals surface area contributed by atoms with E-state index in [4.69, 9.17) is 4.74 Å². The number of fused-ring (bicyclic) bond motifs is 3. The van der Waals surface area contributed by atoms with Crippen LogP contribution in [0.5, 0.6) is 5.75 Å². The lowest BCUT2D eigenvalue weighted by Gasteiger charge is -2.10. The molecule has 0 atom stereocenters. The van der Waals surface area contributed by atoms with Crippen molar-refractivity contribution >= 4 is 33.2 Å². The Morgan fingerprint density at radius 1 is 1.18 bits per heavy atom. The molecule has 0 radical (unpaired) electrons. The van der Waals surface area contributed by atoms with Crippen molar-refractivity contribution in [2.75, 3.05) is 0 Å². The lowest BCUT2D eigenvalue weighted by molar-refractivity contribution is 0.0954. The zero-order valence-corrected chi connectivity index (χ0v) is 16.3. The smallest absolute Gasteiger partial charge is 0.261 e. The van der Waals surface area contributed by atoms with Gasteiger partial charge in [-0.1, -0.05) is 35.6 Å². The van der Waals surface area contributed by atoms with Gasteiger partial charge in [0.05, 0.1) is 17.1 Å². The standard InChI is InChI=1S/C21H19N3O3S/c1-13(2)27-15-9-7-14(8-10-15)12-22-20(26)18-11-19(25)24-17-6-4-3-5-16(17)23-21(24)28-18/h3-11,13H,12H2,1-2H3,(H,22,26). The van der Waals surface area contributed by atoms with Gasteiger partial charge in [0.25, 0.3) is 11.5 Å². The molecule has 0 bridgehead atoms. The summed E-state index contributed by atoms with van der Waals surface area (Å²) < 4.78 is 7.15. The number of aromatic nitrogens is 2. The van der Waals surface area contributed by atoms with Crippen molar-refractivity contribution in [1.29, 1.82) is 0 Å². The van der Waals surface area contributed by atoms with Crippen molar-refractivity contribution in [3.63, 3.8) is 0 Å². The molecule has 1 amide bonds. The summed E-state index contributed by atoms with van der Waals surface area (Å²) >= 11 is 1.20. The highest BCUT2D eigenvalue weighted by Crippen LogP contribution is 2.19. The SMILES string of the molecule is CC(C)Oc1ccc(CNC(=O)c2cc(=O)n3c(nc4ccccc43)s2)cc1. The predicted octanol–water partition coefficient (Wildman–Crippen LogP) is 3.63. The lowest BCUT2D eigenvalue weighted by Crippen LogP contribution is -2.24. The zero-order chi connectivity index (χ0) is 19.7. The summed E-state index contributed by atoms with van der Waals surface area (Å²) in [4.78, 5) is 30.4. The maximum atomic E-state index is 12.5. The van der Waals surface area contributed by atoms with Crippen molar-refractivity contribution < 1.29 is 9.53 Å². The Kier molecular flexibility index (Phi) is 4.83. The monoisotopic (exact) mass is 393 g/mol. The number of benzene rings is 2. The van der Waals surface area contributed by atoms with Crippen LogP contribution >= 0.6 is 11.3 Å². The number of amides is 1. The van der Waals surface area contributed by atoms with E-state index in [-0.39, 0.29) is 17.6 Å². The van der Waals surface area contributed by atoms with Crippen LogP contribution in [0.2, 0.25) is 0 Å². The van der Waals surface area contributed by atoms with E-state index in [0.29, 0.717) is 16.4 Å². The Hall–Kier alpha value is -3.19. The Morgan fingerprint density at radius 2 is 1.93 bits per heavy atom. The van der Waals surface area contributed by atoms with Crippen LogP contribution in [-0.2, 0) is 6.54 Å². The van der Waals surface area contributed by atoms with Gasteiger partial charge < -0.3 is 10.1 Å². The van der Waals surface area contributed by atoms with E-state index in [0.717, 1.165) is 22.3 Å². The second-order valence-corrected chi connectivity index (χ2v) is 7.67. The third-order valence-electron chi connectivity index (χ3n) is 4.18. The van der Waals surface area contributed by atoms with E-state index >= 15 is 0 Å². The summed E-state index contributed by atoms with van der Waals surface area (Å²) in [6.07, 6.45) is 0.113. The Morgan fingerprint density at radius 3 is 2.68 bits per heavy atom. The minimum Gasteiger partial charge on any atom is -0.491 e. The van der Waals surface area contributed by atoms with Crippen molar-refractivity contribution in [3.05, 3.63) is 75.4 Å². The summed E-state index contributed by atoms with van der Waals surface area (Å²) in [5.74, 6) is 0.499. The number of carbonyl (C=O) groups excluding carboxylic acids is 1. The van der Waals surface area contributed by atoms with Gasteiger partial charge in [-0.2, -0.15) is 0 Å². The molecule has 0 aliphatic heterocycles. The van der Waals surface area contributed by atoms with Gasteiger partial charge in [-0.05, 0) is 43.7 Å². The van der Waals surface area contributed by atoms with E-state index in [1.807, 2.05) is 62.4 Å². The molecule has 0 aliphatic carbocycles. The summed E-state index contributed by atoms with van der Waals surface area (Å²) in [6, 6.07) is 16.4. The van der Waals surface area contributed by atoms with Crippen molar-refractivity contribution in [1.82, 2.24) is 14.7 Å². The van der Waals surface area contributed by atoms with E-state index in [2.05, 4.69) is 10.3 Å². The second-order valence-electron chi connectivity index (χ2n) is 6.66. The molecule has 2 aromatic carbocycles. The van der Waals surface area contributed by atoms with Crippen LogP contribution in [0.15, 0.2) is 59.4 Å². The molecular weight excluding hydrogens is 374 g/mol. The molecule has 4 aromatic rings. The molecule has 0 fully saturated rings. The average Bonchev–Trinajstić information content (AvgIpc) is 3.05. The van der Waals surface area contributed by atoms with E-state index in [1.54, 1.807) is 0 Å². The highest BCUT2D eigenvalue weighted by molar-refractivity contribution is 7.18. The number of imidazole rings is 1. The van der Waals surface area contributed by atoms with Gasteiger partial charge in [0.1, 0.15) is 10.6 Å². The Bertz CT molecular complexity index is 1210. The normalized spacial score (nSPS) is 11.2. The minimum absolute atomic E-state index is 0.113. The lowest BCUT2D eigenvalue weighted by atomic mass is 10.2. The first kappa shape index (κ1) is 18.2. The van der Waals surface area contributed by atoms with Crippen molar-refractivity contribution in [3.8, 4) is 5.75 Å². The number of para-hydroxylation sites is 2. The van der Waals surface area contributed by atoms with Crippen LogP contribution < -0.4 is 15.6 Å². The molecule has 0 unspecified atom stereocenters. The molecule has 0 spiro atoms. The molecule has 0 aliphatic rings. The van der Waals surface area contributed by atoms with Gasteiger partial charge in [-0.3, -0.25) is 14.0 Å². The molecule has 6 nitrogen and oxygen atoms in total. The fourth-order valence-electron chi connectivity index (χ4n) is 2.93. The molecule has 0 saturated carbocycles. The van der Waals surface area contributed by atoms with Crippen LogP contribution in [0.4, 0.5) is 0 Å². The number of rotatable bonds is 5. The Balaban J connectivity index is 1.52. The third-order valence-corrected chi connectivity index (χ3v) is 5.16. The predicted molar refractivity (Wildman–Crippen MR) is 110 cm³/mol.